The van der Waals surface area contributed by atoms with Gasteiger partial charge in [-0.15, -0.1) is 0 Å². The minimum Gasteiger partial charge on any atom is -0.494 e. The molecule has 5 heteroatoms. The maximum atomic E-state index is 12.3. The van der Waals surface area contributed by atoms with Crippen LogP contribution in [0.5, 0.6) is 11.5 Å². The molecule has 2 rings (SSSR count). The van der Waals surface area contributed by atoms with Crippen LogP contribution in [-0.2, 0) is 0 Å². The van der Waals surface area contributed by atoms with Gasteiger partial charge < -0.3 is 20.5 Å². The van der Waals surface area contributed by atoms with Gasteiger partial charge in [-0.2, -0.15) is 0 Å². The summed E-state index contributed by atoms with van der Waals surface area (Å²) < 4.78 is 11.0. The lowest BCUT2D eigenvalue weighted by Gasteiger charge is -2.13. The molecule has 0 saturated carbocycles. The van der Waals surface area contributed by atoms with Crippen LogP contribution in [0.2, 0.25) is 0 Å². The van der Waals surface area contributed by atoms with Crippen molar-refractivity contribution in [2.75, 3.05) is 24.3 Å². The smallest absolute Gasteiger partial charge is 0.255 e. The molecule has 0 aliphatic carbocycles. The minimum absolute atomic E-state index is 0.227. The van der Waals surface area contributed by atoms with Gasteiger partial charge in [-0.05, 0) is 50.2 Å². The fraction of sp³-hybridized carbons (Fsp3) is 0.235. The summed E-state index contributed by atoms with van der Waals surface area (Å²) in [5, 5.41) is 2.85. The molecule has 0 aliphatic heterocycles. The number of anilines is 2. The summed E-state index contributed by atoms with van der Waals surface area (Å²) in [5.41, 5.74) is 7.35. The Kier molecular flexibility index (Phi) is 5.25. The Labute approximate surface area is 130 Å². The van der Waals surface area contributed by atoms with E-state index in [1.54, 1.807) is 36.4 Å². The number of hydrogen-bond acceptors (Lipinski definition) is 4. The number of ether oxygens (including phenoxy) is 2. The molecule has 2 aromatic carbocycles. The van der Waals surface area contributed by atoms with E-state index in [1.807, 2.05) is 19.9 Å². The van der Waals surface area contributed by atoms with Crippen molar-refractivity contribution in [1.82, 2.24) is 0 Å². The Morgan fingerprint density at radius 3 is 2.36 bits per heavy atom. The molecule has 3 N–H and O–H groups in total. The Morgan fingerprint density at radius 2 is 1.73 bits per heavy atom. The molecule has 2 aromatic rings. The molecular formula is C17H20N2O3. The van der Waals surface area contributed by atoms with E-state index in [1.165, 1.54) is 0 Å². The molecule has 0 bridgehead atoms. The van der Waals surface area contributed by atoms with Crippen molar-refractivity contribution in [2.24, 2.45) is 0 Å². The van der Waals surface area contributed by atoms with Crippen molar-refractivity contribution < 1.29 is 14.3 Å². The topological polar surface area (TPSA) is 73.6 Å². The molecular weight excluding hydrogens is 280 g/mol. The van der Waals surface area contributed by atoms with E-state index in [0.29, 0.717) is 41.7 Å². The van der Waals surface area contributed by atoms with Gasteiger partial charge in [0, 0.05) is 17.3 Å². The monoisotopic (exact) mass is 300 g/mol. The van der Waals surface area contributed by atoms with Crippen molar-refractivity contribution in [3.63, 3.8) is 0 Å². The van der Waals surface area contributed by atoms with Crippen LogP contribution < -0.4 is 20.5 Å². The van der Waals surface area contributed by atoms with Crippen molar-refractivity contribution in [3.8, 4) is 11.5 Å². The summed E-state index contributed by atoms with van der Waals surface area (Å²) >= 11 is 0. The maximum absolute atomic E-state index is 12.3. The van der Waals surface area contributed by atoms with Crippen LogP contribution in [0.1, 0.15) is 24.2 Å². The first-order valence-corrected chi connectivity index (χ1v) is 7.20. The highest BCUT2D eigenvalue weighted by atomic mass is 16.5. The lowest BCUT2D eigenvalue weighted by Crippen LogP contribution is -2.13. The summed E-state index contributed by atoms with van der Waals surface area (Å²) in [6, 6.07) is 12.1. The van der Waals surface area contributed by atoms with Gasteiger partial charge in [-0.1, -0.05) is 0 Å². The van der Waals surface area contributed by atoms with Gasteiger partial charge in [0.05, 0.1) is 18.9 Å². The van der Waals surface area contributed by atoms with Gasteiger partial charge in [-0.25, -0.2) is 0 Å². The minimum atomic E-state index is -0.227. The molecule has 1 amide bonds. The molecule has 0 atom stereocenters. The van der Waals surface area contributed by atoms with Crippen LogP contribution in [0, 0.1) is 0 Å². The lowest BCUT2D eigenvalue weighted by molar-refractivity contribution is 0.102. The number of nitrogens with two attached hydrogens (primary N) is 1. The molecule has 0 heterocycles. The van der Waals surface area contributed by atoms with Crippen molar-refractivity contribution in [1.29, 1.82) is 0 Å². The molecule has 0 unspecified atom stereocenters. The fourth-order valence-corrected chi connectivity index (χ4v) is 1.97. The zero-order valence-corrected chi connectivity index (χ0v) is 12.8. The number of carbonyl (C=O) groups excluding carboxylic acids is 1. The number of hydrogen-bond donors (Lipinski definition) is 2. The van der Waals surface area contributed by atoms with E-state index in [2.05, 4.69) is 5.32 Å². The normalized spacial score (nSPS) is 10.1. The zero-order valence-electron chi connectivity index (χ0n) is 12.8. The highest BCUT2D eigenvalue weighted by Crippen LogP contribution is 2.30. The van der Waals surface area contributed by atoms with Gasteiger partial charge >= 0.3 is 0 Å². The quantitative estimate of drug-likeness (QED) is 0.803. The third kappa shape index (κ3) is 3.91. The molecule has 0 aromatic heterocycles. The van der Waals surface area contributed by atoms with Crippen LogP contribution in [0.25, 0.3) is 0 Å². The number of benzene rings is 2. The third-order valence-electron chi connectivity index (χ3n) is 2.98. The number of amides is 1. The van der Waals surface area contributed by atoms with Crippen molar-refractivity contribution in [2.45, 2.75) is 13.8 Å². The van der Waals surface area contributed by atoms with Crippen LogP contribution in [0.3, 0.4) is 0 Å². The predicted octanol–water partition coefficient (Wildman–Crippen LogP) is 3.32. The average molecular weight is 300 g/mol. The summed E-state index contributed by atoms with van der Waals surface area (Å²) in [7, 11) is 0. The second-order valence-electron chi connectivity index (χ2n) is 4.60. The van der Waals surface area contributed by atoms with Crippen molar-refractivity contribution >= 4 is 17.3 Å². The van der Waals surface area contributed by atoms with Crippen LogP contribution >= 0.6 is 0 Å². The summed E-state index contributed by atoms with van der Waals surface area (Å²) in [5.74, 6) is 1.06. The Balaban J connectivity index is 2.23. The van der Waals surface area contributed by atoms with E-state index < -0.39 is 0 Å². The first kappa shape index (κ1) is 15.7. The zero-order chi connectivity index (χ0) is 15.9. The Hall–Kier alpha value is -2.69. The largest absolute Gasteiger partial charge is 0.494 e. The summed E-state index contributed by atoms with van der Waals surface area (Å²) in [6.45, 7) is 4.86. The SMILES string of the molecule is CCOc1ccc(OCC)c(NC(=O)c2ccc(N)cc2)c1. The molecule has 0 radical (unpaired) electrons. The standard InChI is InChI=1S/C17H20N2O3/c1-3-21-14-9-10-16(22-4-2)15(11-14)19-17(20)12-5-7-13(18)8-6-12/h5-11H,3-4,18H2,1-2H3,(H,19,20). The molecule has 116 valence electrons. The second-order valence-corrected chi connectivity index (χ2v) is 4.60. The summed E-state index contributed by atoms with van der Waals surface area (Å²) in [6.07, 6.45) is 0. The maximum Gasteiger partial charge on any atom is 0.255 e. The third-order valence-corrected chi connectivity index (χ3v) is 2.98. The van der Waals surface area contributed by atoms with Crippen LogP contribution in [0.4, 0.5) is 11.4 Å². The highest BCUT2D eigenvalue weighted by molar-refractivity contribution is 6.05. The van der Waals surface area contributed by atoms with E-state index in [4.69, 9.17) is 15.2 Å². The lowest BCUT2D eigenvalue weighted by atomic mass is 10.2. The van der Waals surface area contributed by atoms with E-state index >= 15 is 0 Å². The molecule has 22 heavy (non-hydrogen) atoms. The number of rotatable bonds is 6. The fourth-order valence-electron chi connectivity index (χ4n) is 1.97. The van der Waals surface area contributed by atoms with Gasteiger partial charge in [0.2, 0.25) is 0 Å². The van der Waals surface area contributed by atoms with Gasteiger partial charge in [0.25, 0.3) is 5.91 Å². The molecule has 0 spiro atoms. The molecule has 0 fully saturated rings. The second kappa shape index (κ2) is 7.36. The number of nitrogens with one attached hydrogen (secondary N) is 1. The molecule has 0 saturated heterocycles. The van der Waals surface area contributed by atoms with Gasteiger partial charge in [-0.3, -0.25) is 4.79 Å². The average Bonchev–Trinajstić information content (AvgIpc) is 2.51. The van der Waals surface area contributed by atoms with Gasteiger partial charge in [0.15, 0.2) is 0 Å². The Bertz CT molecular complexity index is 639. The highest BCUT2D eigenvalue weighted by Gasteiger charge is 2.11. The number of nitrogen functional groups attached to an aromatic ring is 1. The first-order chi connectivity index (χ1) is 10.6. The van der Waals surface area contributed by atoms with Crippen LogP contribution in [0.15, 0.2) is 42.5 Å². The van der Waals surface area contributed by atoms with E-state index in [9.17, 15) is 4.79 Å². The Morgan fingerprint density at radius 1 is 1.05 bits per heavy atom. The summed E-state index contributed by atoms with van der Waals surface area (Å²) in [4.78, 5) is 12.3. The molecule has 5 nitrogen and oxygen atoms in total. The van der Waals surface area contributed by atoms with E-state index in [-0.39, 0.29) is 5.91 Å². The predicted molar refractivity (Wildman–Crippen MR) is 87.6 cm³/mol. The first-order valence-electron chi connectivity index (χ1n) is 7.20. The molecule has 0 aliphatic rings. The number of carbonyl (C=O) groups is 1. The van der Waals surface area contributed by atoms with E-state index in [0.717, 1.165) is 0 Å². The van der Waals surface area contributed by atoms with Crippen LogP contribution in [-0.4, -0.2) is 19.1 Å². The van der Waals surface area contributed by atoms with Crippen molar-refractivity contribution in [3.05, 3.63) is 48.0 Å². The van der Waals surface area contributed by atoms with Gasteiger partial charge in [0.1, 0.15) is 11.5 Å².